The van der Waals surface area contributed by atoms with Crippen molar-refractivity contribution in [2.45, 2.75) is 46.6 Å². The zero-order valence-electron chi connectivity index (χ0n) is 8.28. The van der Waals surface area contributed by atoms with E-state index in [9.17, 15) is 0 Å². The lowest BCUT2D eigenvalue weighted by Gasteiger charge is -2.32. The lowest BCUT2D eigenvalue weighted by Crippen LogP contribution is -2.36. The Balaban J connectivity index is 2.46. The lowest BCUT2D eigenvalue weighted by atomic mass is 9.77. The summed E-state index contributed by atoms with van der Waals surface area (Å²) in [7, 11) is 0. The fourth-order valence-electron chi connectivity index (χ4n) is 1.74. The Labute approximate surface area is 70.6 Å². The average molecular weight is 155 g/mol. The quantitative estimate of drug-likeness (QED) is 0.613. The fraction of sp³-hybridized carbons (Fsp3) is 1.00. The van der Waals surface area contributed by atoms with Gasteiger partial charge < -0.3 is 5.32 Å². The van der Waals surface area contributed by atoms with E-state index in [4.69, 9.17) is 0 Å². The number of hydrogen-bond acceptors (Lipinski definition) is 1. The van der Waals surface area contributed by atoms with Gasteiger partial charge in [-0.3, -0.25) is 0 Å². The van der Waals surface area contributed by atoms with Gasteiger partial charge in [-0.05, 0) is 30.7 Å². The second-order valence-electron chi connectivity index (χ2n) is 4.86. The molecule has 0 aromatic rings. The van der Waals surface area contributed by atoms with Crippen molar-refractivity contribution in [3.05, 3.63) is 0 Å². The SMILES string of the molecule is CC([C@@H]1CCCN1)C(C)(C)C. The van der Waals surface area contributed by atoms with Gasteiger partial charge in [0.25, 0.3) is 0 Å². The molecule has 1 unspecified atom stereocenters. The Hall–Kier alpha value is -0.0400. The first-order valence-corrected chi connectivity index (χ1v) is 4.75. The van der Waals surface area contributed by atoms with E-state index in [0.29, 0.717) is 5.41 Å². The van der Waals surface area contributed by atoms with E-state index in [2.05, 4.69) is 33.0 Å². The summed E-state index contributed by atoms with van der Waals surface area (Å²) >= 11 is 0. The Morgan fingerprint density at radius 3 is 2.36 bits per heavy atom. The van der Waals surface area contributed by atoms with E-state index in [-0.39, 0.29) is 0 Å². The molecule has 0 aromatic carbocycles. The zero-order valence-corrected chi connectivity index (χ0v) is 8.28. The van der Waals surface area contributed by atoms with Crippen LogP contribution in [-0.4, -0.2) is 12.6 Å². The molecular weight excluding hydrogens is 134 g/mol. The molecule has 1 heterocycles. The van der Waals surface area contributed by atoms with Gasteiger partial charge in [0, 0.05) is 6.04 Å². The van der Waals surface area contributed by atoms with Crippen molar-refractivity contribution in [1.82, 2.24) is 5.32 Å². The third-order valence-electron chi connectivity index (χ3n) is 3.07. The smallest absolute Gasteiger partial charge is 0.00981 e. The average Bonchev–Trinajstić information content (AvgIpc) is 2.34. The van der Waals surface area contributed by atoms with Crippen LogP contribution in [0.5, 0.6) is 0 Å². The summed E-state index contributed by atoms with van der Waals surface area (Å²) in [5.74, 6) is 0.796. The lowest BCUT2D eigenvalue weighted by molar-refractivity contribution is 0.209. The topological polar surface area (TPSA) is 12.0 Å². The van der Waals surface area contributed by atoms with Crippen LogP contribution in [0.2, 0.25) is 0 Å². The first-order chi connectivity index (χ1) is 5.02. The maximum absolute atomic E-state index is 3.56. The predicted molar refractivity (Wildman–Crippen MR) is 49.6 cm³/mol. The first kappa shape index (κ1) is 9.05. The molecule has 1 heteroatoms. The van der Waals surface area contributed by atoms with E-state index in [1.165, 1.54) is 19.4 Å². The molecule has 0 saturated carbocycles. The summed E-state index contributed by atoms with van der Waals surface area (Å²) in [4.78, 5) is 0. The summed E-state index contributed by atoms with van der Waals surface area (Å²) < 4.78 is 0. The molecule has 1 saturated heterocycles. The normalized spacial score (nSPS) is 28.9. The maximum atomic E-state index is 3.56. The van der Waals surface area contributed by atoms with Gasteiger partial charge in [0.1, 0.15) is 0 Å². The molecule has 1 rings (SSSR count). The Morgan fingerprint density at radius 2 is 2.00 bits per heavy atom. The van der Waals surface area contributed by atoms with Gasteiger partial charge in [0.05, 0.1) is 0 Å². The molecular formula is C10H21N. The minimum absolute atomic E-state index is 0.460. The van der Waals surface area contributed by atoms with E-state index >= 15 is 0 Å². The van der Waals surface area contributed by atoms with E-state index in [1.54, 1.807) is 0 Å². The maximum Gasteiger partial charge on any atom is 0.00981 e. The molecule has 0 aliphatic carbocycles. The molecule has 2 atom stereocenters. The van der Waals surface area contributed by atoms with Crippen LogP contribution in [0.15, 0.2) is 0 Å². The molecule has 1 aliphatic rings. The Morgan fingerprint density at radius 1 is 1.36 bits per heavy atom. The van der Waals surface area contributed by atoms with Crippen molar-refractivity contribution in [2.24, 2.45) is 11.3 Å². The molecule has 0 aromatic heterocycles. The second-order valence-corrected chi connectivity index (χ2v) is 4.86. The van der Waals surface area contributed by atoms with Crippen LogP contribution >= 0.6 is 0 Å². The van der Waals surface area contributed by atoms with Gasteiger partial charge in [0.2, 0.25) is 0 Å². The van der Waals surface area contributed by atoms with Crippen LogP contribution in [-0.2, 0) is 0 Å². The van der Waals surface area contributed by atoms with Gasteiger partial charge in [-0.15, -0.1) is 0 Å². The van der Waals surface area contributed by atoms with E-state index in [0.717, 1.165) is 12.0 Å². The van der Waals surface area contributed by atoms with Crippen LogP contribution in [0.25, 0.3) is 0 Å². The highest BCUT2D eigenvalue weighted by atomic mass is 14.9. The molecule has 0 amide bonds. The third kappa shape index (κ3) is 2.19. The highest BCUT2D eigenvalue weighted by molar-refractivity contribution is 4.85. The van der Waals surface area contributed by atoms with Gasteiger partial charge in [-0.25, -0.2) is 0 Å². The van der Waals surface area contributed by atoms with E-state index in [1.807, 2.05) is 0 Å². The monoisotopic (exact) mass is 155 g/mol. The van der Waals surface area contributed by atoms with Crippen molar-refractivity contribution in [1.29, 1.82) is 0 Å². The summed E-state index contributed by atoms with van der Waals surface area (Å²) in [6, 6.07) is 0.773. The molecule has 0 bridgehead atoms. The van der Waals surface area contributed by atoms with Crippen molar-refractivity contribution in [3.8, 4) is 0 Å². The molecule has 11 heavy (non-hydrogen) atoms. The summed E-state index contributed by atoms with van der Waals surface area (Å²) in [5.41, 5.74) is 0.460. The highest BCUT2D eigenvalue weighted by Crippen LogP contribution is 2.31. The summed E-state index contributed by atoms with van der Waals surface area (Å²) in [6.45, 7) is 10.6. The largest absolute Gasteiger partial charge is 0.314 e. The predicted octanol–water partition coefficient (Wildman–Crippen LogP) is 2.42. The van der Waals surface area contributed by atoms with Gasteiger partial charge in [-0.2, -0.15) is 0 Å². The van der Waals surface area contributed by atoms with Crippen LogP contribution < -0.4 is 5.32 Å². The molecule has 1 nitrogen and oxygen atoms in total. The number of rotatable bonds is 1. The summed E-state index contributed by atoms with van der Waals surface area (Å²) in [5, 5.41) is 3.56. The Kier molecular flexibility index (Phi) is 2.58. The van der Waals surface area contributed by atoms with Crippen LogP contribution in [0, 0.1) is 11.3 Å². The fourth-order valence-corrected chi connectivity index (χ4v) is 1.74. The molecule has 1 aliphatic heterocycles. The minimum Gasteiger partial charge on any atom is -0.314 e. The summed E-state index contributed by atoms with van der Waals surface area (Å²) in [6.07, 6.45) is 2.74. The third-order valence-corrected chi connectivity index (χ3v) is 3.07. The zero-order chi connectivity index (χ0) is 8.48. The molecule has 1 fully saturated rings. The van der Waals surface area contributed by atoms with Gasteiger partial charge in [-0.1, -0.05) is 27.7 Å². The highest BCUT2D eigenvalue weighted by Gasteiger charge is 2.29. The first-order valence-electron chi connectivity index (χ1n) is 4.75. The number of hydrogen-bond donors (Lipinski definition) is 1. The van der Waals surface area contributed by atoms with Crippen LogP contribution in [0.4, 0.5) is 0 Å². The van der Waals surface area contributed by atoms with Crippen LogP contribution in [0.3, 0.4) is 0 Å². The van der Waals surface area contributed by atoms with Crippen molar-refractivity contribution in [2.75, 3.05) is 6.54 Å². The minimum atomic E-state index is 0.460. The van der Waals surface area contributed by atoms with Crippen molar-refractivity contribution in [3.63, 3.8) is 0 Å². The standard InChI is InChI=1S/C10H21N/c1-8(10(2,3)4)9-6-5-7-11-9/h8-9,11H,5-7H2,1-4H3/t8?,9-/m0/s1. The second kappa shape index (κ2) is 3.14. The Bertz CT molecular complexity index is 117. The van der Waals surface area contributed by atoms with Gasteiger partial charge >= 0.3 is 0 Å². The van der Waals surface area contributed by atoms with Crippen molar-refractivity contribution >= 4 is 0 Å². The van der Waals surface area contributed by atoms with E-state index < -0.39 is 0 Å². The van der Waals surface area contributed by atoms with Crippen LogP contribution in [0.1, 0.15) is 40.5 Å². The number of nitrogens with one attached hydrogen (secondary N) is 1. The van der Waals surface area contributed by atoms with Gasteiger partial charge in [0.15, 0.2) is 0 Å². The molecule has 66 valence electrons. The molecule has 1 N–H and O–H groups in total. The van der Waals surface area contributed by atoms with Crippen molar-refractivity contribution < 1.29 is 0 Å². The molecule has 0 radical (unpaired) electrons. The molecule has 0 spiro atoms.